The summed E-state index contributed by atoms with van der Waals surface area (Å²) in [5, 5.41) is 51.6. The van der Waals surface area contributed by atoms with E-state index in [-0.39, 0.29) is 29.1 Å². The first kappa shape index (κ1) is 90.6. The quantitative estimate of drug-likeness (QED) is 0.0640. The first-order chi connectivity index (χ1) is 64.3. The number of ether oxygens (including phenoxy) is 4. The molecule has 133 heavy (non-hydrogen) atoms. The number of nitrogens with zero attached hydrogens (tertiary/aromatic N) is 28. The second-order valence-electron chi connectivity index (χ2n) is 31.2. The molecule has 4 fully saturated rings. The molecule has 0 bridgehead atoms. The summed E-state index contributed by atoms with van der Waals surface area (Å²) in [5.41, 5.74) is 13.1. The number of aryl methyl sites for hydroxylation is 4. The Kier molecular flexibility index (Phi) is 28.5. The van der Waals surface area contributed by atoms with Gasteiger partial charge in [-0.25, -0.2) is 17.6 Å². The van der Waals surface area contributed by atoms with Gasteiger partial charge in [0.2, 0.25) is 0 Å². The van der Waals surface area contributed by atoms with Gasteiger partial charge in [-0.3, -0.25) is 57.8 Å². The van der Waals surface area contributed by atoms with Crippen molar-refractivity contribution in [3.05, 3.63) is 313 Å². The van der Waals surface area contributed by atoms with Crippen molar-refractivity contribution >= 4 is 23.6 Å². The molecule has 12 aromatic heterocycles. The van der Waals surface area contributed by atoms with Crippen LogP contribution in [0.3, 0.4) is 0 Å². The maximum Gasteiger partial charge on any atom is 0.258 e. The minimum Gasteiger partial charge on any atom is -0.412 e. The van der Waals surface area contributed by atoms with Gasteiger partial charge in [-0.05, 0) is 175 Å². The van der Waals surface area contributed by atoms with Crippen molar-refractivity contribution in [2.45, 2.75) is 104 Å². The number of aromatic nitrogens is 24. The zero-order valence-electron chi connectivity index (χ0n) is 72.5. The van der Waals surface area contributed by atoms with Crippen LogP contribution in [-0.2, 0) is 45.1 Å². The topological polar surface area (TPSA) is 395 Å². The zero-order valence-corrected chi connectivity index (χ0v) is 72.5. The molecule has 0 aliphatic carbocycles. The van der Waals surface area contributed by atoms with Gasteiger partial charge in [-0.15, -0.1) is 0 Å². The highest BCUT2D eigenvalue weighted by atomic mass is 19.1. The number of hydrogen-bond donors (Lipinski definition) is 0. The SMILES string of the molecule is Cc1ccc(-n2nccn2)c(C(=O)N2CCCOC2Cn2ccc(-c3ccc(F)cn3)n2)c1.Cc1ccc(-n2nccn2)c(C(=O)N2CCCOC2Cn2ccc(-c3ccc(F)cn3)n2)c1.Cc1ccc(-n2nccn2)c(C(=O)N2CCCOC2Cn2ccc(-c3ccc(F)cn3)n2)c1.Cc1ccc(-n2nccn2)c(C(=O)N2CCCOC2Cn2ccc(-c3ccc(F)cn3)n2)c1.O. The third-order valence-corrected chi connectivity index (χ3v) is 21.8. The molecule has 4 amide bonds. The summed E-state index contributed by atoms with van der Waals surface area (Å²) in [6.45, 7) is 13.7. The number of carbonyl (C=O) groups excluding carboxylic acids is 4. The second-order valence-corrected chi connectivity index (χ2v) is 31.2. The largest absolute Gasteiger partial charge is 0.412 e. The van der Waals surface area contributed by atoms with Gasteiger partial charge in [0.1, 0.15) is 46.0 Å². The van der Waals surface area contributed by atoms with Crippen LogP contribution >= 0.6 is 0 Å². The summed E-state index contributed by atoms with van der Waals surface area (Å²) in [6.07, 6.45) is 25.5. The number of amides is 4. The predicted octanol–water partition coefficient (Wildman–Crippen LogP) is 10.6. The van der Waals surface area contributed by atoms with Crippen molar-refractivity contribution in [1.82, 2.24) is 139 Å². The van der Waals surface area contributed by atoms with Crippen LogP contribution in [0.1, 0.15) is 89.4 Å². The van der Waals surface area contributed by atoms with Gasteiger partial charge in [-0.1, -0.05) is 46.5 Å². The van der Waals surface area contributed by atoms with Crippen LogP contribution in [0.5, 0.6) is 0 Å². The third-order valence-electron chi connectivity index (χ3n) is 21.8. The molecular weight excluding hydrogens is 1720 g/mol. The standard InChI is InChI=1S/4C23H22FN7O2.H2O/c4*1-16-3-6-21(31-26-8-9-27-31)18(13-16)23(32)30-10-2-12-33-22(30)15-29-11-7-20(28-29)19-5-4-17(24)14-25-19;/h4*3-9,11,13-14,22H,2,10,12,15H2,1H3;1H2. The lowest BCUT2D eigenvalue weighted by atomic mass is 10.1. The minimum atomic E-state index is -0.487. The van der Waals surface area contributed by atoms with E-state index in [9.17, 15) is 36.7 Å². The normalized spacial score (nSPS) is 16.1. The van der Waals surface area contributed by atoms with Gasteiger partial charge in [0.15, 0.2) is 24.9 Å². The monoisotopic (exact) mass is 1810 g/mol. The number of halogens is 4. The Morgan fingerprint density at radius 1 is 0.293 bits per heavy atom. The molecule has 4 aliphatic heterocycles. The van der Waals surface area contributed by atoms with Crippen LogP contribution in [0.4, 0.5) is 17.6 Å². The number of pyridine rings is 4. The molecule has 4 unspecified atom stereocenters. The molecule has 4 saturated heterocycles. The van der Waals surface area contributed by atoms with Crippen LogP contribution < -0.4 is 0 Å². The van der Waals surface area contributed by atoms with Gasteiger partial charge < -0.3 is 44.0 Å². The van der Waals surface area contributed by atoms with Crippen LogP contribution in [0.15, 0.2) is 245 Å². The van der Waals surface area contributed by atoms with Gasteiger partial charge >= 0.3 is 0 Å². The van der Waals surface area contributed by atoms with Crippen LogP contribution in [-0.4, -0.2) is 245 Å². The molecule has 4 aromatic carbocycles. The van der Waals surface area contributed by atoms with Gasteiger partial charge in [-0.2, -0.15) is 80.4 Å². The highest BCUT2D eigenvalue weighted by Gasteiger charge is 2.36. The molecular formula is C92H90F4N28O9. The summed E-state index contributed by atoms with van der Waals surface area (Å²) in [4.78, 5) is 83.5. The average Bonchev–Trinajstić information content (AvgIpc) is 1.79. The van der Waals surface area contributed by atoms with Gasteiger partial charge in [0.05, 0.1) is 195 Å². The Labute approximate surface area is 757 Å². The summed E-state index contributed by atoms with van der Waals surface area (Å²) in [6, 6.07) is 41.4. The molecule has 4 aliphatic rings. The molecule has 4 atom stereocenters. The smallest absolute Gasteiger partial charge is 0.258 e. The summed E-state index contributed by atoms with van der Waals surface area (Å²) >= 11 is 0. The van der Waals surface area contributed by atoms with E-state index in [1.165, 1.54) is 43.5 Å². The van der Waals surface area contributed by atoms with Crippen molar-refractivity contribution in [2.24, 2.45) is 0 Å². The maximum atomic E-state index is 13.6. The molecule has 41 heteroatoms. The van der Waals surface area contributed by atoms with Crippen molar-refractivity contribution in [3.8, 4) is 68.3 Å². The molecule has 37 nitrogen and oxygen atoms in total. The Morgan fingerprint density at radius 3 is 0.699 bits per heavy atom. The first-order valence-corrected chi connectivity index (χ1v) is 42.5. The third kappa shape index (κ3) is 21.7. The Morgan fingerprint density at radius 2 is 0.504 bits per heavy atom. The van der Waals surface area contributed by atoms with E-state index < -0.39 is 48.2 Å². The van der Waals surface area contributed by atoms with Crippen molar-refractivity contribution < 1.29 is 61.2 Å². The van der Waals surface area contributed by atoms with E-state index in [2.05, 4.69) is 81.1 Å². The number of hydrogen-bond acceptors (Lipinski definition) is 24. The van der Waals surface area contributed by atoms with E-state index in [1.54, 1.807) is 161 Å². The molecule has 16 heterocycles. The molecule has 2 N–H and O–H groups in total. The van der Waals surface area contributed by atoms with E-state index in [0.29, 0.717) is 169 Å². The fraction of sp³-hybridized carbons (Fsp3) is 0.261. The molecule has 0 radical (unpaired) electrons. The van der Waals surface area contributed by atoms with E-state index in [0.717, 1.165) is 72.7 Å². The maximum absolute atomic E-state index is 13.6. The van der Waals surface area contributed by atoms with E-state index >= 15 is 0 Å². The van der Waals surface area contributed by atoms with Crippen molar-refractivity contribution in [2.75, 3.05) is 52.6 Å². The minimum absolute atomic E-state index is 0. The Hall–Kier alpha value is -15.7. The molecule has 20 rings (SSSR count). The Bertz CT molecular complexity index is 5810. The van der Waals surface area contributed by atoms with Crippen LogP contribution in [0.25, 0.3) is 68.3 Å². The number of rotatable bonds is 20. The zero-order chi connectivity index (χ0) is 91.1. The lowest BCUT2D eigenvalue weighted by molar-refractivity contribution is -0.0864. The average molecular weight is 1810 g/mol. The van der Waals surface area contributed by atoms with Crippen molar-refractivity contribution in [1.29, 1.82) is 0 Å². The second kappa shape index (κ2) is 41.8. The fourth-order valence-corrected chi connectivity index (χ4v) is 15.4. The van der Waals surface area contributed by atoms with Crippen LogP contribution in [0.2, 0.25) is 0 Å². The van der Waals surface area contributed by atoms with Gasteiger partial charge in [0.25, 0.3) is 23.6 Å². The number of carbonyl (C=O) groups is 4. The van der Waals surface area contributed by atoms with E-state index in [1.807, 2.05) is 100 Å². The van der Waals surface area contributed by atoms with E-state index in [4.69, 9.17) is 18.9 Å². The summed E-state index contributed by atoms with van der Waals surface area (Å²) in [7, 11) is 0. The lowest BCUT2D eigenvalue weighted by Crippen LogP contribution is -2.48. The predicted molar refractivity (Wildman–Crippen MR) is 471 cm³/mol. The summed E-state index contributed by atoms with van der Waals surface area (Å²) < 4.78 is 83.4. The molecule has 680 valence electrons. The first-order valence-electron chi connectivity index (χ1n) is 42.5. The summed E-state index contributed by atoms with van der Waals surface area (Å²) in [5.74, 6) is -2.20. The lowest BCUT2D eigenvalue weighted by Gasteiger charge is -2.36. The number of benzene rings is 4. The van der Waals surface area contributed by atoms with Crippen LogP contribution in [0, 0.1) is 51.0 Å². The highest BCUT2D eigenvalue weighted by Crippen LogP contribution is 2.30. The molecule has 16 aromatic rings. The van der Waals surface area contributed by atoms with Gasteiger partial charge in [0, 0.05) is 51.0 Å². The fourth-order valence-electron chi connectivity index (χ4n) is 15.4. The molecule has 0 saturated carbocycles. The highest BCUT2D eigenvalue weighted by molar-refractivity contribution is 6.00. The van der Waals surface area contributed by atoms with Crippen molar-refractivity contribution in [3.63, 3.8) is 0 Å². The Balaban J connectivity index is 0.000000129. The molecule has 0 spiro atoms.